The van der Waals surface area contributed by atoms with E-state index in [1.165, 1.54) is 7.05 Å². The highest BCUT2D eigenvalue weighted by Gasteiger charge is 2.42. The predicted octanol–water partition coefficient (Wildman–Crippen LogP) is -0.538. The first-order valence-electron chi connectivity index (χ1n) is 5.67. The van der Waals surface area contributed by atoms with Crippen LogP contribution in [0.2, 0.25) is 0 Å². The Bertz CT molecular complexity index is 378. The van der Waals surface area contributed by atoms with Gasteiger partial charge in [-0.25, -0.2) is 4.39 Å². The molecule has 1 fully saturated rings. The van der Waals surface area contributed by atoms with Crippen LogP contribution in [0.25, 0.3) is 0 Å². The van der Waals surface area contributed by atoms with Gasteiger partial charge in [-0.3, -0.25) is 15.0 Å². The summed E-state index contributed by atoms with van der Waals surface area (Å²) in [7, 11) is 1.42. The van der Waals surface area contributed by atoms with E-state index in [-0.39, 0.29) is 13.0 Å². The summed E-state index contributed by atoms with van der Waals surface area (Å²) in [6.45, 7) is 2.15. The molecule has 18 heavy (non-hydrogen) atoms. The topological polar surface area (TPSA) is 93.5 Å². The summed E-state index contributed by atoms with van der Waals surface area (Å²) in [5.41, 5.74) is -2.79. The normalized spacial score (nSPS) is 23.9. The fourth-order valence-corrected chi connectivity index (χ4v) is 1.85. The number of amides is 2. The first-order chi connectivity index (χ1) is 8.18. The minimum absolute atomic E-state index is 0.0601. The van der Waals surface area contributed by atoms with E-state index in [1.54, 1.807) is 0 Å². The molecular weight excluding hydrogens is 241 g/mol. The van der Waals surface area contributed by atoms with Gasteiger partial charge in [-0.05, 0) is 13.8 Å². The first kappa shape index (κ1) is 14.6. The molecule has 0 bridgehead atoms. The molecule has 0 aromatic rings. The lowest BCUT2D eigenvalue weighted by Crippen LogP contribution is -2.50. The Balaban J connectivity index is 2.90. The van der Waals surface area contributed by atoms with Crippen molar-refractivity contribution in [3.05, 3.63) is 0 Å². The van der Waals surface area contributed by atoms with Crippen molar-refractivity contribution in [3.8, 4) is 0 Å². The summed E-state index contributed by atoms with van der Waals surface area (Å²) in [5, 5.41) is 19.4. The maximum atomic E-state index is 13.6. The number of likely N-dealkylation sites (N-methyl/N-ethyl adjacent to an activating group) is 1. The van der Waals surface area contributed by atoms with Gasteiger partial charge in [0, 0.05) is 20.0 Å². The second-order valence-electron chi connectivity index (χ2n) is 4.82. The van der Waals surface area contributed by atoms with Crippen LogP contribution < -0.4 is 5.32 Å². The smallest absolute Gasteiger partial charge is 0.271 e. The number of nitrogens with one attached hydrogen (secondary N) is 2. The molecule has 3 N–H and O–H groups in total. The summed E-state index contributed by atoms with van der Waals surface area (Å²) in [6, 6.07) is -0.847. The van der Waals surface area contributed by atoms with Crippen LogP contribution in [0.15, 0.2) is 0 Å². The summed E-state index contributed by atoms with van der Waals surface area (Å²) in [4.78, 5) is 24.6. The Morgan fingerprint density at radius 2 is 2.06 bits per heavy atom. The maximum absolute atomic E-state index is 13.6. The number of aliphatic hydroxyl groups is 1. The number of halogens is 1. The predicted molar refractivity (Wildman–Crippen MR) is 63.1 cm³/mol. The monoisotopic (exact) mass is 259 g/mol. The lowest BCUT2D eigenvalue weighted by atomic mass is 10.0. The molecule has 0 spiro atoms. The van der Waals surface area contributed by atoms with Gasteiger partial charge in [-0.15, -0.1) is 0 Å². The summed E-state index contributed by atoms with van der Waals surface area (Å²) >= 11 is 0. The summed E-state index contributed by atoms with van der Waals surface area (Å²) in [5.74, 6) is -1.28. The molecule has 0 saturated carbocycles. The lowest BCUT2D eigenvalue weighted by Gasteiger charge is -2.25. The highest BCUT2D eigenvalue weighted by Crippen LogP contribution is 2.21. The van der Waals surface area contributed by atoms with Gasteiger partial charge >= 0.3 is 0 Å². The van der Waals surface area contributed by atoms with Crippen molar-refractivity contribution < 1.29 is 19.1 Å². The van der Waals surface area contributed by atoms with E-state index in [1.807, 2.05) is 0 Å². The molecule has 0 aromatic carbocycles. The molecule has 2 amide bonds. The molecule has 1 aliphatic heterocycles. The number of carbonyl (C=O) groups excluding carboxylic acids is 2. The number of alkyl halides is 1. The van der Waals surface area contributed by atoms with Crippen LogP contribution in [0, 0.1) is 5.41 Å². The zero-order chi connectivity index (χ0) is 14.1. The van der Waals surface area contributed by atoms with Gasteiger partial charge in [0.05, 0.1) is 6.10 Å². The standard InChI is InChI=1S/C11H18FN3O3/c1-11(2,12)8(13)10(18)15-5-6(16)4-7(15)9(17)14-3/h6-7,13,16H,4-5H2,1-3H3,(H,14,17)/t6-,7+/m1/s1. The fraction of sp³-hybridized carbons (Fsp3) is 0.727. The quantitative estimate of drug-likeness (QED) is 0.594. The van der Waals surface area contributed by atoms with Crippen LogP contribution in [-0.4, -0.2) is 58.9 Å². The molecular formula is C11H18FN3O3. The number of aliphatic hydroxyl groups excluding tert-OH is 1. The number of rotatable bonds is 3. The van der Waals surface area contributed by atoms with E-state index < -0.39 is 35.3 Å². The van der Waals surface area contributed by atoms with Gasteiger partial charge in [0.1, 0.15) is 11.8 Å². The van der Waals surface area contributed by atoms with Gasteiger partial charge in [0.15, 0.2) is 5.67 Å². The Labute approximate surface area is 105 Å². The third-order valence-corrected chi connectivity index (χ3v) is 2.90. The Morgan fingerprint density at radius 1 is 1.50 bits per heavy atom. The van der Waals surface area contributed by atoms with Crippen molar-refractivity contribution in [2.45, 2.75) is 38.1 Å². The molecule has 1 aliphatic rings. The lowest BCUT2D eigenvalue weighted by molar-refractivity contribution is -0.134. The molecule has 0 aliphatic carbocycles. The number of hydrogen-bond acceptors (Lipinski definition) is 4. The molecule has 0 unspecified atom stereocenters. The zero-order valence-corrected chi connectivity index (χ0v) is 10.7. The van der Waals surface area contributed by atoms with Crippen LogP contribution in [-0.2, 0) is 9.59 Å². The van der Waals surface area contributed by atoms with Gasteiger partial charge < -0.3 is 15.3 Å². The molecule has 2 atom stereocenters. The van der Waals surface area contributed by atoms with Crippen molar-refractivity contribution in [2.24, 2.45) is 0 Å². The average molecular weight is 259 g/mol. The maximum Gasteiger partial charge on any atom is 0.271 e. The van der Waals surface area contributed by atoms with Crippen molar-refractivity contribution in [2.75, 3.05) is 13.6 Å². The first-order valence-corrected chi connectivity index (χ1v) is 5.67. The highest BCUT2D eigenvalue weighted by molar-refractivity contribution is 6.40. The minimum atomic E-state index is -2.07. The van der Waals surface area contributed by atoms with Crippen LogP contribution in [0.1, 0.15) is 20.3 Å². The number of likely N-dealkylation sites (tertiary alicyclic amines) is 1. The molecule has 102 valence electrons. The second-order valence-corrected chi connectivity index (χ2v) is 4.82. The third-order valence-electron chi connectivity index (χ3n) is 2.90. The average Bonchev–Trinajstić information content (AvgIpc) is 2.67. The Hall–Kier alpha value is -1.50. The van der Waals surface area contributed by atoms with Crippen LogP contribution >= 0.6 is 0 Å². The zero-order valence-electron chi connectivity index (χ0n) is 10.7. The highest BCUT2D eigenvalue weighted by atomic mass is 19.1. The molecule has 6 nitrogen and oxygen atoms in total. The van der Waals surface area contributed by atoms with Crippen molar-refractivity contribution >= 4 is 17.5 Å². The fourth-order valence-electron chi connectivity index (χ4n) is 1.85. The Morgan fingerprint density at radius 3 is 2.50 bits per heavy atom. The second kappa shape index (κ2) is 5.01. The van der Waals surface area contributed by atoms with E-state index in [0.29, 0.717) is 0 Å². The van der Waals surface area contributed by atoms with Crippen LogP contribution in [0.3, 0.4) is 0 Å². The number of nitrogens with zero attached hydrogens (tertiary/aromatic N) is 1. The van der Waals surface area contributed by atoms with E-state index in [4.69, 9.17) is 5.41 Å². The van der Waals surface area contributed by atoms with Gasteiger partial charge in [0.25, 0.3) is 5.91 Å². The molecule has 7 heteroatoms. The van der Waals surface area contributed by atoms with E-state index >= 15 is 0 Å². The molecule has 1 rings (SSSR count). The molecule has 0 aromatic heterocycles. The van der Waals surface area contributed by atoms with Gasteiger partial charge in [-0.1, -0.05) is 0 Å². The van der Waals surface area contributed by atoms with E-state index in [0.717, 1.165) is 18.7 Å². The van der Waals surface area contributed by atoms with Gasteiger partial charge in [0.2, 0.25) is 5.91 Å². The van der Waals surface area contributed by atoms with E-state index in [9.17, 15) is 19.1 Å². The summed E-state index contributed by atoms with van der Waals surface area (Å²) in [6.07, 6.45) is -0.724. The summed E-state index contributed by atoms with van der Waals surface area (Å²) < 4.78 is 13.6. The number of hydrogen-bond donors (Lipinski definition) is 3. The largest absolute Gasteiger partial charge is 0.391 e. The third kappa shape index (κ3) is 2.84. The number of β-amino-alcohol motifs (C(OH)–C–C–N with tert-alkyl or cyclic N) is 1. The van der Waals surface area contributed by atoms with Crippen molar-refractivity contribution in [1.29, 1.82) is 5.41 Å². The van der Waals surface area contributed by atoms with Gasteiger partial charge in [-0.2, -0.15) is 0 Å². The molecule has 1 saturated heterocycles. The van der Waals surface area contributed by atoms with E-state index in [2.05, 4.69) is 5.32 Å². The molecule has 0 radical (unpaired) electrons. The van der Waals surface area contributed by atoms with Crippen LogP contribution in [0.4, 0.5) is 4.39 Å². The Kier molecular flexibility index (Phi) is 4.05. The van der Waals surface area contributed by atoms with Crippen molar-refractivity contribution in [1.82, 2.24) is 10.2 Å². The molecule has 1 heterocycles. The minimum Gasteiger partial charge on any atom is -0.391 e. The van der Waals surface area contributed by atoms with Crippen LogP contribution in [0.5, 0.6) is 0 Å². The SMILES string of the molecule is CNC(=O)[C@@H]1C[C@@H](O)CN1C(=O)C(=N)C(C)(C)F. The van der Waals surface area contributed by atoms with Crippen molar-refractivity contribution in [3.63, 3.8) is 0 Å². The number of carbonyl (C=O) groups is 2.